The van der Waals surface area contributed by atoms with Crippen LogP contribution in [0, 0.1) is 0 Å². The molecule has 1 heterocycles. The highest BCUT2D eigenvalue weighted by Crippen LogP contribution is 2.19. The first-order valence-electron chi connectivity index (χ1n) is 6.88. The second-order valence-corrected chi connectivity index (χ2v) is 5.46. The van der Waals surface area contributed by atoms with Crippen molar-refractivity contribution in [1.29, 1.82) is 0 Å². The van der Waals surface area contributed by atoms with Gasteiger partial charge in [-0.1, -0.05) is 12.8 Å². The predicted molar refractivity (Wildman–Crippen MR) is 70.9 cm³/mol. The van der Waals surface area contributed by atoms with Crippen molar-refractivity contribution < 1.29 is 19.8 Å². The highest BCUT2D eigenvalue weighted by molar-refractivity contribution is 5.74. The predicted octanol–water partition coefficient (Wildman–Crippen LogP) is 1.19. The summed E-state index contributed by atoms with van der Waals surface area (Å²) >= 11 is 0. The Morgan fingerprint density at radius 1 is 1.26 bits per heavy atom. The van der Waals surface area contributed by atoms with Crippen LogP contribution in [0.2, 0.25) is 0 Å². The number of likely N-dealkylation sites (tertiary alicyclic amines) is 1. The fourth-order valence-corrected chi connectivity index (χ4v) is 2.18. The summed E-state index contributed by atoms with van der Waals surface area (Å²) in [6.45, 7) is 3.32. The number of rotatable bonds is 7. The molecule has 0 radical (unpaired) electrons. The van der Waals surface area contributed by atoms with Crippen molar-refractivity contribution in [2.24, 2.45) is 0 Å². The number of hydrogen-bond acceptors (Lipinski definition) is 3. The maximum atomic E-state index is 11.7. The number of carboxylic acids is 1. The van der Waals surface area contributed by atoms with Gasteiger partial charge in [0.25, 0.3) is 0 Å². The van der Waals surface area contributed by atoms with Crippen LogP contribution in [0.5, 0.6) is 0 Å². The van der Waals surface area contributed by atoms with Crippen molar-refractivity contribution in [2.45, 2.75) is 51.0 Å². The summed E-state index contributed by atoms with van der Waals surface area (Å²) in [5.41, 5.74) is -0.756. The topological polar surface area (TPSA) is 89.9 Å². The lowest BCUT2D eigenvalue weighted by molar-refractivity contribution is -0.137. The molecule has 1 atom stereocenters. The molecule has 0 aromatic rings. The van der Waals surface area contributed by atoms with E-state index in [2.05, 4.69) is 5.32 Å². The quantitative estimate of drug-likeness (QED) is 0.607. The Kier molecular flexibility index (Phi) is 6.08. The first kappa shape index (κ1) is 15.8. The zero-order chi connectivity index (χ0) is 14.3. The van der Waals surface area contributed by atoms with E-state index in [1.54, 1.807) is 11.8 Å². The Morgan fingerprint density at radius 2 is 1.95 bits per heavy atom. The molecule has 0 saturated carbocycles. The first-order chi connectivity index (χ1) is 8.91. The van der Waals surface area contributed by atoms with Crippen LogP contribution in [0.4, 0.5) is 4.79 Å². The smallest absolute Gasteiger partial charge is 0.317 e. The van der Waals surface area contributed by atoms with Crippen LogP contribution in [-0.4, -0.2) is 52.3 Å². The molecule has 1 unspecified atom stereocenters. The second kappa shape index (κ2) is 7.33. The van der Waals surface area contributed by atoms with Crippen molar-refractivity contribution >= 4 is 12.0 Å². The number of hydrogen-bond donors (Lipinski definition) is 3. The molecule has 1 saturated heterocycles. The van der Waals surface area contributed by atoms with Crippen LogP contribution >= 0.6 is 0 Å². The van der Waals surface area contributed by atoms with Crippen molar-refractivity contribution in [3.63, 3.8) is 0 Å². The fraction of sp³-hybridized carbons (Fsp3) is 0.846. The van der Waals surface area contributed by atoms with Crippen molar-refractivity contribution in [1.82, 2.24) is 10.2 Å². The van der Waals surface area contributed by atoms with E-state index < -0.39 is 11.6 Å². The normalized spacial score (nSPS) is 22.5. The summed E-state index contributed by atoms with van der Waals surface area (Å²) in [4.78, 5) is 23.7. The number of carbonyl (C=O) groups excluding carboxylic acids is 1. The molecule has 1 fully saturated rings. The van der Waals surface area contributed by atoms with Gasteiger partial charge in [-0.15, -0.1) is 0 Å². The molecule has 0 bridgehead atoms. The molecule has 1 rings (SSSR count). The zero-order valence-electron chi connectivity index (χ0n) is 11.5. The van der Waals surface area contributed by atoms with Crippen molar-refractivity contribution in [3.8, 4) is 0 Å². The average molecular weight is 272 g/mol. The number of aliphatic carboxylic acids is 1. The van der Waals surface area contributed by atoms with Crippen molar-refractivity contribution in [2.75, 3.05) is 19.6 Å². The van der Waals surface area contributed by atoms with Crippen LogP contribution in [0.1, 0.15) is 45.4 Å². The van der Waals surface area contributed by atoms with Gasteiger partial charge >= 0.3 is 12.0 Å². The van der Waals surface area contributed by atoms with Gasteiger partial charge in [0.05, 0.1) is 12.1 Å². The number of nitrogens with one attached hydrogen (secondary N) is 1. The van der Waals surface area contributed by atoms with Gasteiger partial charge in [-0.05, 0) is 26.2 Å². The van der Waals surface area contributed by atoms with Crippen LogP contribution in [-0.2, 0) is 4.79 Å². The van der Waals surface area contributed by atoms with E-state index in [0.29, 0.717) is 32.5 Å². The molecule has 6 heteroatoms. The summed E-state index contributed by atoms with van der Waals surface area (Å²) in [6, 6.07) is -0.122. The molecular weight excluding hydrogens is 248 g/mol. The minimum Gasteiger partial charge on any atom is -0.481 e. The number of nitrogens with zero attached hydrogens (tertiary/aromatic N) is 1. The van der Waals surface area contributed by atoms with E-state index in [1.165, 1.54) is 0 Å². The molecule has 1 aliphatic rings. The number of carboxylic acid groups (broad SMARTS) is 1. The van der Waals surface area contributed by atoms with Gasteiger partial charge in [-0.3, -0.25) is 4.79 Å². The third kappa shape index (κ3) is 6.42. The third-order valence-electron chi connectivity index (χ3n) is 3.33. The van der Waals surface area contributed by atoms with Gasteiger partial charge in [-0.2, -0.15) is 0 Å². The van der Waals surface area contributed by atoms with E-state index >= 15 is 0 Å². The van der Waals surface area contributed by atoms with E-state index in [1.807, 2.05) is 0 Å². The Labute approximate surface area is 113 Å². The number of unbranched alkanes of at least 4 members (excludes halogenated alkanes) is 3. The summed E-state index contributed by atoms with van der Waals surface area (Å²) in [7, 11) is 0. The number of amides is 2. The molecule has 1 aliphatic heterocycles. The van der Waals surface area contributed by atoms with E-state index in [0.717, 1.165) is 19.3 Å². The Hall–Kier alpha value is -1.30. The maximum absolute atomic E-state index is 11.7. The molecule has 2 amide bonds. The van der Waals surface area contributed by atoms with Gasteiger partial charge in [-0.25, -0.2) is 4.79 Å². The summed E-state index contributed by atoms with van der Waals surface area (Å²) in [6.07, 6.45) is 4.19. The minimum atomic E-state index is -0.756. The van der Waals surface area contributed by atoms with Crippen LogP contribution in [0.25, 0.3) is 0 Å². The fourth-order valence-electron chi connectivity index (χ4n) is 2.18. The molecule has 6 nitrogen and oxygen atoms in total. The molecule has 19 heavy (non-hydrogen) atoms. The van der Waals surface area contributed by atoms with Gasteiger partial charge in [0, 0.05) is 19.5 Å². The van der Waals surface area contributed by atoms with Gasteiger partial charge < -0.3 is 20.4 Å². The van der Waals surface area contributed by atoms with Crippen LogP contribution in [0.3, 0.4) is 0 Å². The molecule has 0 aromatic carbocycles. The molecular formula is C13H24N2O4. The third-order valence-corrected chi connectivity index (χ3v) is 3.33. The minimum absolute atomic E-state index is 0.122. The summed E-state index contributed by atoms with van der Waals surface area (Å²) < 4.78 is 0. The SMILES string of the molecule is CC1(O)CCN(C(=O)NCCCCCCC(=O)O)C1. The molecule has 0 spiro atoms. The monoisotopic (exact) mass is 272 g/mol. The van der Waals surface area contributed by atoms with E-state index in [-0.39, 0.29) is 12.5 Å². The Bertz CT molecular complexity index is 318. The molecule has 0 aromatic heterocycles. The largest absolute Gasteiger partial charge is 0.481 e. The molecule has 0 aliphatic carbocycles. The highest BCUT2D eigenvalue weighted by atomic mass is 16.4. The zero-order valence-corrected chi connectivity index (χ0v) is 11.5. The first-order valence-corrected chi connectivity index (χ1v) is 6.88. The van der Waals surface area contributed by atoms with Gasteiger partial charge in [0.15, 0.2) is 0 Å². The van der Waals surface area contributed by atoms with E-state index in [9.17, 15) is 14.7 Å². The highest BCUT2D eigenvalue weighted by Gasteiger charge is 2.33. The van der Waals surface area contributed by atoms with E-state index in [4.69, 9.17) is 5.11 Å². The lowest BCUT2D eigenvalue weighted by atomic mass is 10.1. The second-order valence-electron chi connectivity index (χ2n) is 5.46. The van der Waals surface area contributed by atoms with Crippen molar-refractivity contribution in [3.05, 3.63) is 0 Å². The Morgan fingerprint density at radius 3 is 2.53 bits per heavy atom. The lowest BCUT2D eigenvalue weighted by Crippen LogP contribution is -2.41. The lowest BCUT2D eigenvalue weighted by Gasteiger charge is -2.19. The molecule has 3 N–H and O–H groups in total. The standard InChI is InChI=1S/C13H24N2O4/c1-13(19)7-9-15(10-13)12(18)14-8-5-3-2-4-6-11(16)17/h19H,2-10H2,1H3,(H,14,18)(H,16,17). The number of urea groups is 1. The van der Waals surface area contributed by atoms with Gasteiger partial charge in [0.1, 0.15) is 0 Å². The summed E-state index contributed by atoms with van der Waals surface area (Å²) in [5, 5.41) is 21.0. The maximum Gasteiger partial charge on any atom is 0.317 e. The number of aliphatic hydroxyl groups is 1. The number of carbonyl (C=O) groups is 2. The van der Waals surface area contributed by atoms with Crippen LogP contribution in [0.15, 0.2) is 0 Å². The summed E-state index contributed by atoms with van der Waals surface area (Å²) in [5.74, 6) is -0.755. The number of β-amino-alcohol motifs (C(OH)–C–C–N with tert-alkyl or cyclic N) is 1. The van der Waals surface area contributed by atoms with Gasteiger partial charge in [0.2, 0.25) is 0 Å². The Balaban J connectivity index is 2.01. The average Bonchev–Trinajstić information content (AvgIpc) is 2.68. The molecule has 110 valence electrons. The van der Waals surface area contributed by atoms with Crippen LogP contribution < -0.4 is 5.32 Å².